The lowest BCUT2D eigenvalue weighted by Gasteiger charge is -2.12. The SMILES string of the molecule is CCCc1cc2c(C)ncn2nc1Cn1ccnc1-c1cccc(F)n1. The van der Waals surface area contributed by atoms with Crippen molar-refractivity contribution in [3.63, 3.8) is 0 Å². The predicted molar refractivity (Wildman–Crippen MR) is 96.2 cm³/mol. The van der Waals surface area contributed by atoms with E-state index in [1.54, 1.807) is 29.2 Å². The second-order valence-corrected chi connectivity index (χ2v) is 6.25. The molecule has 0 N–H and O–H groups in total. The number of rotatable bonds is 5. The molecule has 0 spiro atoms. The first-order valence-electron chi connectivity index (χ1n) is 8.62. The molecule has 6 nitrogen and oxygen atoms in total. The summed E-state index contributed by atoms with van der Waals surface area (Å²) in [5.74, 6) is 0.104. The summed E-state index contributed by atoms with van der Waals surface area (Å²) in [4.78, 5) is 12.6. The average molecular weight is 350 g/mol. The van der Waals surface area contributed by atoms with Gasteiger partial charge in [0.2, 0.25) is 5.95 Å². The van der Waals surface area contributed by atoms with Gasteiger partial charge >= 0.3 is 0 Å². The highest BCUT2D eigenvalue weighted by atomic mass is 19.1. The van der Waals surface area contributed by atoms with Crippen LogP contribution in [-0.2, 0) is 13.0 Å². The van der Waals surface area contributed by atoms with E-state index in [9.17, 15) is 4.39 Å². The number of fused-ring (bicyclic) bond motifs is 1. The van der Waals surface area contributed by atoms with Crippen LogP contribution in [0.2, 0.25) is 0 Å². The quantitative estimate of drug-likeness (QED) is 0.517. The molecule has 0 bridgehead atoms. The van der Waals surface area contributed by atoms with E-state index in [0.29, 0.717) is 18.1 Å². The Morgan fingerprint density at radius 3 is 2.88 bits per heavy atom. The summed E-state index contributed by atoms with van der Waals surface area (Å²) in [7, 11) is 0. The number of nitrogens with zero attached hydrogens (tertiary/aromatic N) is 6. The zero-order valence-electron chi connectivity index (χ0n) is 14.7. The number of imidazole rings is 2. The zero-order chi connectivity index (χ0) is 18.1. The Morgan fingerprint density at radius 2 is 2.08 bits per heavy atom. The molecule has 0 aliphatic rings. The highest BCUT2D eigenvalue weighted by molar-refractivity contribution is 5.53. The molecule has 0 fully saturated rings. The highest BCUT2D eigenvalue weighted by Crippen LogP contribution is 2.20. The molecule has 0 amide bonds. The molecule has 0 aliphatic heterocycles. The number of hydrogen-bond acceptors (Lipinski definition) is 4. The molecule has 4 aromatic heterocycles. The lowest BCUT2D eigenvalue weighted by molar-refractivity contribution is 0.584. The van der Waals surface area contributed by atoms with Crippen LogP contribution in [0.3, 0.4) is 0 Å². The maximum absolute atomic E-state index is 13.5. The van der Waals surface area contributed by atoms with E-state index >= 15 is 0 Å². The summed E-state index contributed by atoms with van der Waals surface area (Å²) in [6, 6.07) is 6.88. The molecule has 4 heterocycles. The van der Waals surface area contributed by atoms with E-state index in [0.717, 1.165) is 29.7 Å². The maximum Gasteiger partial charge on any atom is 0.213 e. The second-order valence-electron chi connectivity index (χ2n) is 6.25. The summed E-state index contributed by atoms with van der Waals surface area (Å²) in [6.45, 7) is 4.67. The number of hydrogen-bond donors (Lipinski definition) is 0. The molecule has 0 radical (unpaired) electrons. The largest absolute Gasteiger partial charge is 0.324 e. The van der Waals surface area contributed by atoms with E-state index in [-0.39, 0.29) is 0 Å². The fourth-order valence-electron chi connectivity index (χ4n) is 3.11. The van der Waals surface area contributed by atoms with Crippen molar-refractivity contribution in [3.8, 4) is 11.5 Å². The fourth-order valence-corrected chi connectivity index (χ4v) is 3.11. The Hall–Kier alpha value is -3.09. The van der Waals surface area contributed by atoms with Crippen molar-refractivity contribution in [2.24, 2.45) is 0 Å². The van der Waals surface area contributed by atoms with Crippen molar-refractivity contribution in [1.29, 1.82) is 0 Å². The lowest BCUT2D eigenvalue weighted by Crippen LogP contribution is -2.10. The van der Waals surface area contributed by atoms with Gasteiger partial charge in [0, 0.05) is 12.4 Å². The van der Waals surface area contributed by atoms with E-state index in [2.05, 4.69) is 27.9 Å². The van der Waals surface area contributed by atoms with Crippen LogP contribution >= 0.6 is 0 Å². The first-order chi connectivity index (χ1) is 12.7. The molecule has 0 saturated heterocycles. The smallest absolute Gasteiger partial charge is 0.213 e. The van der Waals surface area contributed by atoms with Gasteiger partial charge in [-0.25, -0.2) is 19.5 Å². The third-order valence-electron chi connectivity index (χ3n) is 4.39. The van der Waals surface area contributed by atoms with Gasteiger partial charge in [-0.3, -0.25) is 0 Å². The number of pyridine rings is 1. The van der Waals surface area contributed by atoms with Crippen LogP contribution in [0.15, 0.2) is 43.0 Å². The van der Waals surface area contributed by atoms with Gasteiger partial charge in [0.25, 0.3) is 0 Å². The standard InChI is InChI=1S/C19H19FN6/c1-3-5-14-10-17-13(2)22-12-26(17)24-16(14)11-25-9-8-21-19(25)15-6-4-7-18(20)23-15/h4,6-10,12H,3,5,11H2,1-2H3. The van der Waals surface area contributed by atoms with Gasteiger partial charge in [-0.2, -0.15) is 9.49 Å². The molecule has 0 aromatic carbocycles. The highest BCUT2D eigenvalue weighted by Gasteiger charge is 2.13. The Labute approximate surface area is 150 Å². The molecular weight excluding hydrogens is 331 g/mol. The van der Waals surface area contributed by atoms with Crippen LogP contribution in [0.25, 0.3) is 17.0 Å². The Kier molecular flexibility index (Phi) is 4.20. The minimum absolute atomic E-state index is 0.506. The molecule has 132 valence electrons. The van der Waals surface area contributed by atoms with Crippen LogP contribution in [0.4, 0.5) is 4.39 Å². The molecule has 4 aromatic rings. The molecule has 4 rings (SSSR count). The summed E-state index contributed by atoms with van der Waals surface area (Å²) < 4.78 is 17.2. The summed E-state index contributed by atoms with van der Waals surface area (Å²) in [5, 5.41) is 4.75. The topological polar surface area (TPSA) is 60.9 Å². The monoisotopic (exact) mass is 350 g/mol. The van der Waals surface area contributed by atoms with Crippen molar-refractivity contribution in [2.45, 2.75) is 33.2 Å². The van der Waals surface area contributed by atoms with Gasteiger partial charge < -0.3 is 4.57 Å². The molecule has 7 heteroatoms. The van der Waals surface area contributed by atoms with E-state index < -0.39 is 5.95 Å². The molecule has 0 saturated carbocycles. The number of aromatic nitrogens is 6. The van der Waals surface area contributed by atoms with Gasteiger partial charge in [-0.05, 0) is 37.1 Å². The van der Waals surface area contributed by atoms with Crippen LogP contribution in [0, 0.1) is 12.9 Å². The van der Waals surface area contributed by atoms with E-state index in [1.165, 1.54) is 11.6 Å². The summed E-state index contributed by atoms with van der Waals surface area (Å²) >= 11 is 0. The Balaban J connectivity index is 1.76. The third-order valence-corrected chi connectivity index (χ3v) is 4.39. The Morgan fingerprint density at radius 1 is 1.19 bits per heavy atom. The summed E-state index contributed by atoms with van der Waals surface area (Å²) in [5.41, 5.74) is 4.64. The molecule has 0 unspecified atom stereocenters. The minimum atomic E-state index is -0.517. The normalized spacial score (nSPS) is 11.3. The second kappa shape index (κ2) is 6.67. The van der Waals surface area contributed by atoms with Crippen LogP contribution < -0.4 is 0 Å². The summed E-state index contributed by atoms with van der Waals surface area (Å²) in [6.07, 6.45) is 7.25. The lowest BCUT2D eigenvalue weighted by atomic mass is 10.1. The van der Waals surface area contributed by atoms with Crippen molar-refractivity contribution in [3.05, 3.63) is 65.9 Å². The first kappa shape index (κ1) is 16.4. The molecule has 26 heavy (non-hydrogen) atoms. The van der Waals surface area contributed by atoms with Gasteiger partial charge in [0.1, 0.15) is 12.0 Å². The van der Waals surface area contributed by atoms with Crippen LogP contribution in [0.5, 0.6) is 0 Å². The van der Waals surface area contributed by atoms with Gasteiger partial charge in [0.05, 0.1) is 23.4 Å². The zero-order valence-corrected chi connectivity index (χ0v) is 14.7. The minimum Gasteiger partial charge on any atom is -0.324 e. The van der Waals surface area contributed by atoms with Gasteiger partial charge in [0.15, 0.2) is 5.82 Å². The van der Waals surface area contributed by atoms with Crippen molar-refractivity contribution < 1.29 is 4.39 Å². The molecule has 0 aliphatic carbocycles. The van der Waals surface area contributed by atoms with Crippen molar-refractivity contribution in [2.75, 3.05) is 0 Å². The third kappa shape index (κ3) is 2.96. The van der Waals surface area contributed by atoms with E-state index in [1.807, 2.05) is 17.7 Å². The van der Waals surface area contributed by atoms with Crippen LogP contribution in [-0.4, -0.2) is 29.1 Å². The van der Waals surface area contributed by atoms with Crippen molar-refractivity contribution in [1.82, 2.24) is 29.1 Å². The maximum atomic E-state index is 13.5. The molecular formula is C19H19FN6. The van der Waals surface area contributed by atoms with Crippen LogP contribution in [0.1, 0.15) is 30.3 Å². The first-order valence-corrected chi connectivity index (χ1v) is 8.62. The Bertz CT molecular complexity index is 1070. The van der Waals surface area contributed by atoms with Gasteiger partial charge in [-0.1, -0.05) is 19.4 Å². The average Bonchev–Trinajstić information content (AvgIpc) is 3.23. The predicted octanol–water partition coefficient (Wildman–Crippen LogP) is 3.44. The van der Waals surface area contributed by atoms with E-state index in [4.69, 9.17) is 5.10 Å². The molecule has 0 atom stereocenters. The fraction of sp³-hybridized carbons (Fsp3) is 0.263. The van der Waals surface area contributed by atoms with Gasteiger partial charge in [-0.15, -0.1) is 0 Å². The number of aryl methyl sites for hydroxylation is 2. The number of halogens is 1. The van der Waals surface area contributed by atoms with Crippen molar-refractivity contribution >= 4 is 5.52 Å².